The van der Waals surface area contributed by atoms with Crippen molar-refractivity contribution in [3.05, 3.63) is 0 Å². The van der Waals surface area contributed by atoms with Crippen LogP contribution in [0.4, 0.5) is 0 Å². The van der Waals surface area contributed by atoms with Gasteiger partial charge in [0.2, 0.25) is 11.8 Å². The maximum absolute atomic E-state index is 13.1. The van der Waals surface area contributed by atoms with E-state index in [1.54, 1.807) is 0 Å². The summed E-state index contributed by atoms with van der Waals surface area (Å²) < 4.78 is 51.1. The molecule has 2 fully saturated rings. The second-order valence-electron chi connectivity index (χ2n) is 12.6. The maximum atomic E-state index is 13.1. The van der Waals surface area contributed by atoms with Gasteiger partial charge < -0.3 is 53.3 Å². The minimum absolute atomic E-state index is 0.0994. The van der Waals surface area contributed by atoms with E-state index in [0.29, 0.717) is 6.42 Å². The lowest BCUT2D eigenvalue weighted by Crippen LogP contribution is -2.70. The van der Waals surface area contributed by atoms with Crippen molar-refractivity contribution in [2.45, 2.75) is 155 Å². The highest BCUT2D eigenvalue weighted by Gasteiger charge is 2.56. The van der Waals surface area contributed by atoms with Crippen LogP contribution < -0.4 is 10.6 Å². The standard InChI is InChI=1S/C34H52N2O17/c1-9-10-11-12-13-14-26(44)36-33-32(50-23(8)43)31(49-22(7)42)29(24(51-33)15-45-18(3)38)53-34-27(35-17(2)37)30(48-21(6)41)28(47-20(5)40)25(52-34)16-46-19(4)39/h24-25,27-34H,9-16H2,1-8H3,(H,35,37)(H,36,44)/t24-,25-,27-,28-,29-,30-,31+,32-,33-,34+/m1/s1. The molecule has 0 aliphatic carbocycles. The SMILES string of the molecule is CCCCCCCC(=O)N[C@@H]1O[C@H](COC(C)=O)[C@@H](O[C@@H]2O[C@H](COC(C)=O)[C@@H](OC(C)=O)[C@H](OC(C)=O)[C@H]2NC(C)=O)[C@H](OC(C)=O)[C@H]1OC(C)=O. The number of nitrogens with one attached hydrogen (secondary N) is 2. The molecule has 0 radical (unpaired) electrons. The van der Waals surface area contributed by atoms with Gasteiger partial charge in [-0.05, 0) is 6.42 Å². The molecule has 2 aliphatic rings. The van der Waals surface area contributed by atoms with E-state index >= 15 is 0 Å². The van der Waals surface area contributed by atoms with Crippen molar-refractivity contribution in [1.82, 2.24) is 10.6 Å². The predicted octanol–water partition coefficient (Wildman–Crippen LogP) is 0.656. The number of hydrogen-bond donors (Lipinski definition) is 2. The molecule has 10 atom stereocenters. The predicted molar refractivity (Wildman–Crippen MR) is 177 cm³/mol. The van der Waals surface area contributed by atoms with Crippen molar-refractivity contribution < 1.29 is 81.0 Å². The number of carbonyl (C=O) groups is 8. The Hall–Kier alpha value is -4.36. The van der Waals surface area contributed by atoms with Crippen LogP contribution in [-0.4, -0.2) is 122 Å². The van der Waals surface area contributed by atoms with Crippen LogP contribution in [0.5, 0.6) is 0 Å². The normalized spacial score (nSPS) is 28.0. The van der Waals surface area contributed by atoms with Gasteiger partial charge in [0, 0.05) is 54.9 Å². The number of carbonyl (C=O) groups excluding carboxylic acids is 8. The Labute approximate surface area is 307 Å². The Morgan fingerprint density at radius 1 is 0.528 bits per heavy atom. The van der Waals surface area contributed by atoms with E-state index in [1.807, 2.05) is 0 Å². The molecule has 0 bridgehead atoms. The third-order valence-electron chi connectivity index (χ3n) is 7.86. The number of rotatable bonds is 18. The molecule has 0 aromatic carbocycles. The van der Waals surface area contributed by atoms with Crippen molar-refractivity contribution in [3.8, 4) is 0 Å². The largest absolute Gasteiger partial charge is 0.463 e. The summed E-state index contributed by atoms with van der Waals surface area (Å²) in [5.74, 6) is -6.04. The Morgan fingerprint density at radius 2 is 1.02 bits per heavy atom. The highest BCUT2D eigenvalue weighted by molar-refractivity contribution is 5.76. The highest BCUT2D eigenvalue weighted by Crippen LogP contribution is 2.34. The monoisotopic (exact) mass is 760 g/mol. The summed E-state index contributed by atoms with van der Waals surface area (Å²) in [4.78, 5) is 98.9. The second kappa shape index (κ2) is 22.0. The van der Waals surface area contributed by atoms with Crippen LogP contribution in [0.2, 0.25) is 0 Å². The molecule has 2 N–H and O–H groups in total. The first-order valence-corrected chi connectivity index (χ1v) is 17.4. The Kier molecular flexibility index (Phi) is 18.6. The van der Waals surface area contributed by atoms with Gasteiger partial charge in [0.15, 0.2) is 36.9 Å². The Morgan fingerprint density at radius 3 is 1.53 bits per heavy atom. The van der Waals surface area contributed by atoms with Crippen LogP contribution in [0.25, 0.3) is 0 Å². The van der Waals surface area contributed by atoms with Crippen LogP contribution >= 0.6 is 0 Å². The van der Waals surface area contributed by atoms with E-state index in [1.165, 1.54) is 0 Å². The van der Waals surface area contributed by atoms with Gasteiger partial charge in [-0.2, -0.15) is 0 Å². The average Bonchev–Trinajstić information content (AvgIpc) is 3.03. The lowest BCUT2D eigenvalue weighted by atomic mass is 9.94. The smallest absolute Gasteiger partial charge is 0.303 e. The van der Waals surface area contributed by atoms with E-state index in [-0.39, 0.29) is 6.42 Å². The molecular weight excluding hydrogens is 708 g/mol. The first-order chi connectivity index (χ1) is 24.9. The minimum atomic E-state index is -1.70. The van der Waals surface area contributed by atoms with E-state index in [2.05, 4.69) is 17.6 Å². The zero-order valence-electron chi connectivity index (χ0n) is 31.4. The van der Waals surface area contributed by atoms with Gasteiger partial charge in [0.1, 0.15) is 37.6 Å². The van der Waals surface area contributed by atoms with Gasteiger partial charge in [-0.15, -0.1) is 0 Å². The van der Waals surface area contributed by atoms with Gasteiger partial charge in [0.05, 0.1) is 0 Å². The van der Waals surface area contributed by atoms with E-state index in [4.69, 9.17) is 42.6 Å². The Bertz CT molecular complexity index is 1310. The quantitative estimate of drug-likeness (QED) is 0.111. The van der Waals surface area contributed by atoms with Gasteiger partial charge >= 0.3 is 35.8 Å². The average molecular weight is 761 g/mol. The molecule has 300 valence electrons. The van der Waals surface area contributed by atoms with Gasteiger partial charge in [-0.3, -0.25) is 38.4 Å². The summed E-state index contributed by atoms with van der Waals surface area (Å²) in [5.41, 5.74) is 0. The van der Waals surface area contributed by atoms with Crippen molar-refractivity contribution in [2.24, 2.45) is 0 Å². The fourth-order valence-electron chi connectivity index (χ4n) is 5.86. The molecular formula is C34H52N2O17. The number of amides is 2. The number of ether oxygens (including phenoxy) is 9. The summed E-state index contributed by atoms with van der Waals surface area (Å²) >= 11 is 0. The molecule has 0 unspecified atom stereocenters. The lowest BCUT2D eigenvalue weighted by Gasteiger charge is -2.49. The summed E-state index contributed by atoms with van der Waals surface area (Å²) in [6.07, 6.45) is -9.16. The second-order valence-corrected chi connectivity index (χ2v) is 12.6. The zero-order chi connectivity index (χ0) is 39.8. The van der Waals surface area contributed by atoms with Crippen LogP contribution in [-0.2, 0) is 81.0 Å². The van der Waals surface area contributed by atoms with Gasteiger partial charge in [0.25, 0.3) is 0 Å². The molecule has 0 aromatic heterocycles. The van der Waals surface area contributed by atoms with Crippen molar-refractivity contribution in [3.63, 3.8) is 0 Å². The molecule has 53 heavy (non-hydrogen) atoms. The fraction of sp³-hybridized carbons (Fsp3) is 0.765. The molecule has 0 aromatic rings. The lowest BCUT2D eigenvalue weighted by molar-refractivity contribution is -0.327. The van der Waals surface area contributed by atoms with Crippen LogP contribution in [0.3, 0.4) is 0 Å². The first-order valence-electron chi connectivity index (χ1n) is 17.4. The number of hydrogen-bond acceptors (Lipinski definition) is 17. The topological polar surface area (TPSA) is 244 Å². The highest BCUT2D eigenvalue weighted by atomic mass is 16.7. The Balaban J connectivity index is 2.66. The molecule has 2 rings (SSSR count). The number of unbranched alkanes of at least 4 members (excludes halogenated alkanes) is 4. The number of esters is 6. The summed E-state index contributed by atoms with van der Waals surface area (Å²) in [6.45, 7) is 8.61. The van der Waals surface area contributed by atoms with Crippen LogP contribution in [0, 0.1) is 0 Å². The molecule has 2 aliphatic heterocycles. The molecule has 2 amide bonds. The first kappa shape index (κ1) is 44.8. The van der Waals surface area contributed by atoms with E-state index in [9.17, 15) is 38.4 Å². The zero-order valence-corrected chi connectivity index (χ0v) is 31.4. The van der Waals surface area contributed by atoms with Gasteiger partial charge in [-0.25, -0.2) is 0 Å². The fourth-order valence-corrected chi connectivity index (χ4v) is 5.86. The molecule has 19 nitrogen and oxygen atoms in total. The molecule has 2 saturated heterocycles. The molecule has 19 heteroatoms. The minimum Gasteiger partial charge on any atom is -0.463 e. The third-order valence-corrected chi connectivity index (χ3v) is 7.86. The summed E-state index contributed by atoms with van der Waals surface area (Å²) in [6, 6.07) is -1.46. The molecule has 0 saturated carbocycles. The van der Waals surface area contributed by atoms with Crippen LogP contribution in [0.15, 0.2) is 0 Å². The van der Waals surface area contributed by atoms with Crippen molar-refractivity contribution >= 4 is 47.6 Å². The third kappa shape index (κ3) is 15.3. The van der Waals surface area contributed by atoms with Crippen molar-refractivity contribution in [2.75, 3.05) is 13.2 Å². The van der Waals surface area contributed by atoms with E-state index < -0.39 is 122 Å². The molecule has 2 heterocycles. The maximum Gasteiger partial charge on any atom is 0.303 e. The summed E-state index contributed by atoms with van der Waals surface area (Å²) in [5, 5.41) is 5.22. The van der Waals surface area contributed by atoms with Gasteiger partial charge in [-0.1, -0.05) is 32.6 Å². The van der Waals surface area contributed by atoms with Crippen molar-refractivity contribution in [1.29, 1.82) is 0 Å². The molecule has 0 spiro atoms. The van der Waals surface area contributed by atoms with E-state index in [0.717, 1.165) is 74.1 Å². The van der Waals surface area contributed by atoms with Crippen LogP contribution in [0.1, 0.15) is 93.9 Å². The summed E-state index contributed by atoms with van der Waals surface area (Å²) in [7, 11) is 0.